The first kappa shape index (κ1) is 11.0. The molecule has 0 spiro atoms. The topological polar surface area (TPSA) is 52.5 Å². The van der Waals surface area contributed by atoms with E-state index in [-0.39, 0.29) is 12.1 Å². The van der Waals surface area contributed by atoms with Crippen molar-refractivity contribution < 1.29 is 10.2 Å². The van der Waals surface area contributed by atoms with Gasteiger partial charge in [0.15, 0.2) is 0 Å². The minimum atomic E-state index is 0.0942. The summed E-state index contributed by atoms with van der Waals surface area (Å²) in [5, 5.41) is 20.9. The quantitative estimate of drug-likeness (QED) is 0.489. The SMILES string of the molecule is OCCCCCCNC1(CO)CC1. The number of aliphatic hydroxyl groups excluding tert-OH is 2. The van der Waals surface area contributed by atoms with Gasteiger partial charge in [0.05, 0.1) is 6.61 Å². The lowest BCUT2D eigenvalue weighted by Gasteiger charge is -2.13. The highest BCUT2D eigenvalue weighted by Gasteiger charge is 2.40. The molecule has 0 heterocycles. The van der Waals surface area contributed by atoms with E-state index in [0.29, 0.717) is 6.61 Å². The molecular formula is C10H21NO2. The predicted octanol–water partition coefficient (Wildman–Crippen LogP) is 0.654. The van der Waals surface area contributed by atoms with Crippen LogP contribution in [0.1, 0.15) is 38.5 Å². The van der Waals surface area contributed by atoms with Gasteiger partial charge in [-0.2, -0.15) is 0 Å². The van der Waals surface area contributed by atoms with Crippen molar-refractivity contribution in [3.8, 4) is 0 Å². The zero-order valence-electron chi connectivity index (χ0n) is 8.26. The first-order valence-electron chi connectivity index (χ1n) is 5.30. The third-order valence-corrected chi connectivity index (χ3v) is 2.74. The van der Waals surface area contributed by atoms with E-state index in [1.54, 1.807) is 0 Å². The smallest absolute Gasteiger partial charge is 0.0613 e. The maximum absolute atomic E-state index is 9.00. The van der Waals surface area contributed by atoms with Crippen molar-refractivity contribution in [3.63, 3.8) is 0 Å². The molecule has 0 radical (unpaired) electrons. The highest BCUT2D eigenvalue weighted by molar-refractivity contribution is 5.01. The fourth-order valence-corrected chi connectivity index (χ4v) is 1.49. The van der Waals surface area contributed by atoms with Crippen LogP contribution in [0.25, 0.3) is 0 Å². The molecule has 0 atom stereocenters. The van der Waals surface area contributed by atoms with Crippen molar-refractivity contribution in [1.29, 1.82) is 0 Å². The fourth-order valence-electron chi connectivity index (χ4n) is 1.49. The Balaban J connectivity index is 1.84. The Bertz CT molecular complexity index is 135. The lowest BCUT2D eigenvalue weighted by molar-refractivity contribution is 0.230. The van der Waals surface area contributed by atoms with Crippen LogP contribution in [0.5, 0.6) is 0 Å². The third kappa shape index (κ3) is 4.07. The van der Waals surface area contributed by atoms with Crippen LogP contribution in [0.15, 0.2) is 0 Å². The normalized spacial score (nSPS) is 18.9. The summed E-state index contributed by atoms with van der Waals surface area (Å²) in [6.07, 6.45) is 6.62. The summed E-state index contributed by atoms with van der Waals surface area (Å²) < 4.78 is 0. The van der Waals surface area contributed by atoms with Gasteiger partial charge in [-0.05, 0) is 32.2 Å². The van der Waals surface area contributed by atoms with Gasteiger partial charge in [0, 0.05) is 12.1 Å². The molecule has 0 bridgehead atoms. The van der Waals surface area contributed by atoms with Crippen LogP contribution in [0.2, 0.25) is 0 Å². The summed E-state index contributed by atoms with van der Waals surface area (Å²) in [6, 6.07) is 0. The van der Waals surface area contributed by atoms with E-state index in [9.17, 15) is 0 Å². The summed E-state index contributed by atoms with van der Waals surface area (Å²) in [5.74, 6) is 0. The molecule has 0 aromatic carbocycles. The second-order valence-corrected chi connectivity index (χ2v) is 4.00. The van der Waals surface area contributed by atoms with Crippen molar-refractivity contribution in [2.75, 3.05) is 19.8 Å². The molecule has 3 nitrogen and oxygen atoms in total. The second kappa shape index (κ2) is 5.58. The van der Waals surface area contributed by atoms with Crippen molar-refractivity contribution in [3.05, 3.63) is 0 Å². The molecule has 0 saturated heterocycles. The Morgan fingerprint density at radius 2 is 1.69 bits per heavy atom. The largest absolute Gasteiger partial charge is 0.396 e. The maximum Gasteiger partial charge on any atom is 0.0613 e. The van der Waals surface area contributed by atoms with E-state index in [4.69, 9.17) is 10.2 Å². The third-order valence-electron chi connectivity index (χ3n) is 2.74. The number of rotatable bonds is 8. The number of unbranched alkanes of at least 4 members (excludes halogenated alkanes) is 3. The Morgan fingerprint density at radius 3 is 2.23 bits per heavy atom. The molecule has 0 amide bonds. The average Bonchev–Trinajstić information content (AvgIpc) is 2.92. The van der Waals surface area contributed by atoms with Crippen LogP contribution in [-0.2, 0) is 0 Å². The Labute approximate surface area is 80.2 Å². The summed E-state index contributed by atoms with van der Waals surface area (Å²) in [5.41, 5.74) is 0.0942. The van der Waals surface area contributed by atoms with Crippen LogP contribution in [0, 0.1) is 0 Å². The zero-order chi connectivity index (χ0) is 9.57. The van der Waals surface area contributed by atoms with Gasteiger partial charge in [-0.1, -0.05) is 12.8 Å². The minimum absolute atomic E-state index is 0.0942. The van der Waals surface area contributed by atoms with Gasteiger partial charge in [-0.15, -0.1) is 0 Å². The van der Waals surface area contributed by atoms with Gasteiger partial charge >= 0.3 is 0 Å². The van der Waals surface area contributed by atoms with E-state index >= 15 is 0 Å². The van der Waals surface area contributed by atoms with Crippen molar-refractivity contribution in [1.82, 2.24) is 5.32 Å². The van der Waals surface area contributed by atoms with Crippen LogP contribution >= 0.6 is 0 Å². The highest BCUT2D eigenvalue weighted by Crippen LogP contribution is 2.34. The summed E-state index contributed by atoms with van der Waals surface area (Å²) in [4.78, 5) is 0. The lowest BCUT2D eigenvalue weighted by atomic mass is 10.2. The van der Waals surface area contributed by atoms with Gasteiger partial charge in [0.1, 0.15) is 0 Å². The molecule has 0 unspecified atom stereocenters. The summed E-state index contributed by atoms with van der Waals surface area (Å²) in [7, 11) is 0. The Morgan fingerprint density at radius 1 is 1.00 bits per heavy atom. The standard InChI is InChI=1S/C10H21NO2/c12-8-4-2-1-3-7-11-10(9-13)5-6-10/h11-13H,1-9H2. The molecule has 0 aliphatic heterocycles. The number of hydrogen-bond donors (Lipinski definition) is 3. The van der Waals surface area contributed by atoms with Crippen molar-refractivity contribution >= 4 is 0 Å². The zero-order valence-corrected chi connectivity index (χ0v) is 8.26. The van der Waals surface area contributed by atoms with Crippen molar-refractivity contribution in [2.45, 2.75) is 44.1 Å². The first-order valence-corrected chi connectivity index (χ1v) is 5.30. The van der Waals surface area contributed by atoms with Gasteiger partial charge in [0.2, 0.25) is 0 Å². The monoisotopic (exact) mass is 187 g/mol. The van der Waals surface area contributed by atoms with E-state index < -0.39 is 0 Å². The molecule has 78 valence electrons. The second-order valence-electron chi connectivity index (χ2n) is 4.00. The van der Waals surface area contributed by atoms with Gasteiger partial charge in [-0.3, -0.25) is 0 Å². The minimum Gasteiger partial charge on any atom is -0.396 e. The Hall–Kier alpha value is -0.120. The van der Waals surface area contributed by atoms with Gasteiger partial charge in [-0.25, -0.2) is 0 Å². The number of aliphatic hydroxyl groups is 2. The number of hydrogen-bond acceptors (Lipinski definition) is 3. The molecule has 13 heavy (non-hydrogen) atoms. The average molecular weight is 187 g/mol. The molecule has 1 aliphatic carbocycles. The van der Waals surface area contributed by atoms with Crippen molar-refractivity contribution in [2.24, 2.45) is 0 Å². The van der Waals surface area contributed by atoms with E-state index in [0.717, 1.165) is 38.6 Å². The van der Waals surface area contributed by atoms with E-state index in [1.165, 1.54) is 6.42 Å². The number of nitrogens with one attached hydrogen (secondary N) is 1. The molecule has 3 heteroatoms. The van der Waals surface area contributed by atoms with E-state index in [1.807, 2.05) is 0 Å². The molecule has 1 rings (SSSR count). The summed E-state index contributed by atoms with van der Waals surface area (Å²) >= 11 is 0. The summed E-state index contributed by atoms with van der Waals surface area (Å²) in [6.45, 7) is 1.60. The molecule has 1 aliphatic rings. The molecule has 1 saturated carbocycles. The van der Waals surface area contributed by atoms with Crippen LogP contribution < -0.4 is 5.32 Å². The molecule has 0 aromatic heterocycles. The van der Waals surface area contributed by atoms with Crippen LogP contribution in [0.4, 0.5) is 0 Å². The lowest BCUT2D eigenvalue weighted by Crippen LogP contribution is -2.35. The molecule has 0 aromatic rings. The predicted molar refractivity (Wildman–Crippen MR) is 52.6 cm³/mol. The first-order chi connectivity index (χ1) is 6.33. The molecular weight excluding hydrogens is 166 g/mol. The van der Waals surface area contributed by atoms with Gasteiger partial charge in [0.25, 0.3) is 0 Å². The molecule has 3 N–H and O–H groups in total. The Kier molecular flexibility index (Phi) is 4.70. The van der Waals surface area contributed by atoms with Crippen LogP contribution in [-0.4, -0.2) is 35.5 Å². The molecule has 1 fully saturated rings. The van der Waals surface area contributed by atoms with Gasteiger partial charge < -0.3 is 15.5 Å². The highest BCUT2D eigenvalue weighted by atomic mass is 16.3. The van der Waals surface area contributed by atoms with Crippen LogP contribution in [0.3, 0.4) is 0 Å². The maximum atomic E-state index is 9.00. The van der Waals surface area contributed by atoms with E-state index in [2.05, 4.69) is 5.32 Å². The fraction of sp³-hybridized carbons (Fsp3) is 1.00.